The Labute approximate surface area is 191 Å². The van der Waals surface area contributed by atoms with Crippen LogP contribution < -0.4 is 0 Å². The number of aryl methyl sites for hydroxylation is 1. The highest BCUT2D eigenvalue weighted by Gasteiger charge is 2.37. The topological polar surface area (TPSA) is 108 Å². The molecule has 33 heavy (non-hydrogen) atoms. The number of carboxylic acid groups (broad SMARTS) is 1. The molecule has 2 aromatic carbocycles. The number of carbonyl (C=O) groups excluding carboxylic acids is 2. The molecule has 1 aliphatic heterocycles. The Bertz CT molecular complexity index is 1130. The van der Waals surface area contributed by atoms with Crippen molar-refractivity contribution in [3.8, 4) is 11.1 Å². The lowest BCUT2D eigenvalue weighted by molar-refractivity contribution is -0.146. The van der Waals surface area contributed by atoms with Crippen LogP contribution in [-0.4, -0.2) is 50.5 Å². The van der Waals surface area contributed by atoms with Gasteiger partial charge >= 0.3 is 5.97 Å². The lowest BCUT2D eigenvalue weighted by Gasteiger charge is -2.22. The van der Waals surface area contributed by atoms with Gasteiger partial charge in [0.2, 0.25) is 0 Å². The molecule has 1 aromatic heterocycles. The van der Waals surface area contributed by atoms with Crippen molar-refractivity contribution in [2.24, 2.45) is 5.92 Å². The second kappa shape index (κ2) is 9.75. The van der Waals surface area contributed by atoms with Gasteiger partial charge in [0.1, 0.15) is 0 Å². The number of carbonyl (C=O) groups is 3. The Kier molecular flexibility index (Phi) is 6.60. The molecule has 0 radical (unpaired) electrons. The largest absolute Gasteiger partial charge is 0.481 e. The van der Waals surface area contributed by atoms with E-state index in [2.05, 4.69) is 4.98 Å². The van der Waals surface area contributed by atoms with E-state index in [9.17, 15) is 24.6 Å². The van der Waals surface area contributed by atoms with Gasteiger partial charge in [0.25, 0.3) is 11.8 Å². The third-order valence-corrected chi connectivity index (χ3v) is 6.01. The summed E-state index contributed by atoms with van der Waals surface area (Å²) in [5.74, 6) is -3.19. The number of carboxylic acids is 1. The number of pyridine rings is 1. The average Bonchev–Trinajstić information content (AvgIpc) is 3.08. The van der Waals surface area contributed by atoms with Gasteiger partial charge in [-0.2, -0.15) is 0 Å². The Morgan fingerprint density at radius 3 is 2.21 bits per heavy atom. The third kappa shape index (κ3) is 4.83. The maximum atomic E-state index is 12.5. The number of aliphatic hydroxyl groups is 1. The second-order valence-electron chi connectivity index (χ2n) is 8.09. The van der Waals surface area contributed by atoms with Crippen LogP contribution >= 0.6 is 0 Å². The van der Waals surface area contributed by atoms with E-state index in [4.69, 9.17) is 0 Å². The summed E-state index contributed by atoms with van der Waals surface area (Å²) in [6.45, 7) is -0.0772. The van der Waals surface area contributed by atoms with E-state index >= 15 is 0 Å². The molecule has 1 aliphatic rings. The molecule has 4 rings (SSSR count). The zero-order chi connectivity index (χ0) is 23.4. The number of aromatic nitrogens is 1. The van der Waals surface area contributed by atoms with Gasteiger partial charge in [-0.25, -0.2) is 0 Å². The van der Waals surface area contributed by atoms with Crippen LogP contribution in [-0.2, 0) is 11.2 Å². The number of nitrogens with zero attached hydrogens (tertiary/aromatic N) is 2. The summed E-state index contributed by atoms with van der Waals surface area (Å²) in [6.07, 6.45) is 2.41. The molecular weight excluding hydrogens is 420 g/mol. The lowest BCUT2D eigenvalue weighted by Crippen LogP contribution is -2.36. The van der Waals surface area contributed by atoms with Gasteiger partial charge in [0.15, 0.2) is 0 Å². The summed E-state index contributed by atoms with van der Waals surface area (Å²) in [6, 6.07) is 19.4. The standard InChI is InChI=1S/C26H24N2O5/c29-23(11-8-17-6-9-19(10-7-17)18-4-2-1-3-5-18)21(26(32)33)13-15-28-24(30)20-12-14-27-16-22(20)25(28)31/h1-7,9-10,12,14,16,21,23,29H,8,11,13,15H2,(H,32,33). The van der Waals surface area contributed by atoms with E-state index in [1.807, 2.05) is 54.6 Å². The van der Waals surface area contributed by atoms with Crippen molar-refractivity contribution >= 4 is 17.8 Å². The minimum Gasteiger partial charge on any atom is -0.481 e. The van der Waals surface area contributed by atoms with Crippen molar-refractivity contribution < 1.29 is 24.6 Å². The minimum atomic E-state index is -1.15. The van der Waals surface area contributed by atoms with Gasteiger partial charge in [-0.3, -0.25) is 24.3 Å². The number of hydrogen-bond donors (Lipinski definition) is 2. The van der Waals surface area contributed by atoms with E-state index in [0.29, 0.717) is 6.42 Å². The molecule has 7 heteroatoms. The Balaban J connectivity index is 1.34. The highest BCUT2D eigenvalue weighted by Crippen LogP contribution is 2.24. The molecule has 7 nitrogen and oxygen atoms in total. The molecule has 0 saturated carbocycles. The van der Waals surface area contributed by atoms with Crippen LogP contribution in [0.4, 0.5) is 0 Å². The predicted octanol–water partition coefficient (Wildman–Crippen LogP) is 3.43. The van der Waals surface area contributed by atoms with E-state index in [1.165, 1.54) is 18.5 Å². The van der Waals surface area contributed by atoms with Crippen molar-refractivity contribution in [1.82, 2.24) is 9.88 Å². The Morgan fingerprint density at radius 1 is 0.879 bits per heavy atom. The molecule has 2 atom stereocenters. The van der Waals surface area contributed by atoms with E-state index in [0.717, 1.165) is 21.6 Å². The van der Waals surface area contributed by atoms with Crippen molar-refractivity contribution in [2.45, 2.75) is 25.4 Å². The van der Waals surface area contributed by atoms with Crippen molar-refractivity contribution in [2.75, 3.05) is 6.54 Å². The molecule has 3 aromatic rings. The number of imide groups is 1. The molecule has 0 saturated heterocycles. The minimum absolute atomic E-state index is 0.0255. The van der Waals surface area contributed by atoms with Gasteiger partial charge in [0, 0.05) is 18.9 Å². The van der Waals surface area contributed by atoms with Crippen molar-refractivity contribution in [1.29, 1.82) is 0 Å². The summed E-state index contributed by atoms with van der Waals surface area (Å²) in [5.41, 5.74) is 3.67. The SMILES string of the molecule is O=C(O)C(CCN1C(=O)c2ccncc2C1=O)C(O)CCc1ccc(-c2ccccc2)cc1. The second-order valence-corrected chi connectivity index (χ2v) is 8.09. The number of hydrogen-bond acceptors (Lipinski definition) is 5. The lowest BCUT2D eigenvalue weighted by atomic mass is 9.93. The summed E-state index contributed by atoms with van der Waals surface area (Å²) in [4.78, 5) is 41.6. The Morgan fingerprint density at radius 2 is 1.55 bits per heavy atom. The number of benzene rings is 2. The van der Waals surface area contributed by atoms with Gasteiger partial charge in [-0.1, -0.05) is 54.6 Å². The quantitative estimate of drug-likeness (QED) is 0.490. The summed E-state index contributed by atoms with van der Waals surface area (Å²) in [7, 11) is 0. The highest BCUT2D eigenvalue weighted by atomic mass is 16.4. The van der Waals surface area contributed by atoms with Crippen LogP contribution in [0.3, 0.4) is 0 Å². The molecule has 2 unspecified atom stereocenters. The fourth-order valence-corrected chi connectivity index (χ4v) is 4.10. The monoisotopic (exact) mass is 444 g/mol. The molecule has 0 spiro atoms. The molecule has 0 fully saturated rings. The van der Waals surface area contributed by atoms with Crippen LogP contribution in [0.1, 0.15) is 39.1 Å². The Hall–Kier alpha value is -3.84. The smallest absolute Gasteiger partial charge is 0.309 e. The fourth-order valence-electron chi connectivity index (χ4n) is 4.10. The van der Waals surface area contributed by atoms with Gasteiger partial charge in [-0.15, -0.1) is 0 Å². The number of fused-ring (bicyclic) bond motifs is 1. The number of amides is 2. The first-order valence-corrected chi connectivity index (χ1v) is 10.8. The van der Waals surface area contributed by atoms with Gasteiger partial charge in [-0.05, 0) is 42.0 Å². The van der Waals surface area contributed by atoms with E-state index in [1.54, 1.807) is 0 Å². The zero-order valence-electron chi connectivity index (χ0n) is 17.9. The molecular formula is C26H24N2O5. The number of aliphatic hydroxyl groups excluding tert-OH is 1. The van der Waals surface area contributed by atoms with E-state index < -0.39 is 29.8 Å². The average molecular weight is 444 g/mol. The maximum absolute atomic E-state index is 12.5. The maximum Gasteiger partial charge on any atom is 0.309 e. The first-order valence-electron chi connectivity index (χ1n) is 10.8. The summed E-state index contributed by atoms with van der Waals surface area (Å²) in [5, 5.41) is 20.2. The molecule has 168 valence electrons. The summed E-state index contributed by atoms with van der Waals surface area (Å²) < 4.78 is 0. The first-order chi connectivity index (χ1) is 16.0. The van der Waals surface area contributed by atoms with Crippen molar-refractivity contribution in [3.05, 3.63) is 89.7 Å². The van der Waals surface area contributed by atoms with Crippen LogP contribution in [0.25, 0.3) is 11.1 Å². The van der Waals surface area contributed by atoms with Gasteiger partial charge < -0.3 is 10.2 Å². The van der Waals surface area contributed by atoms with Crippen LogP contribution in [0, 0.1) is 5.92 Å². The predicted molar refractivity (Wildman–Crippen MR) is 122 cm³/mol. The molecule has 2 N–H and O–H groups in total. The normalized spacial score (nSPS) is 14.8. The molecule has 2 amide bonds. The zero-order valence-corrected chi connectivity index (χ0v) is 17.9. The third-order valence-electron chi connectivity index (χ3n) is 6.01. The van der Waals surface area contributed by atoms with Crippen LogP contribution in [0.15, 0.2) is 73.1 Å². The molecule has 0 bridgehead atoms. The van der Waals surface area contributed by atoms with Crippen LogP contribution in [0.2, 0.25) is 0 Å². The molecule has 0 aliphatic carbocycles. The molecule has 2 heterocycles. The summed E-state index contributed by atoms with van der Waals surface area (Å²) >= 11 is 0. The first kappa shape index (κ1) is 22.4. The fraction of sp³-hybridized carbons (Fsp3) is 0.231. The number of rotatable bonds is 9. The highest BCUT2D eigenvalue weighted by molar-refractivity contribution is 6.21. The van der Waals surface area contributed by atoms with Gasteiger partial charge in [0.05, 0.1) is 23.1 Å². The number of aliphatic carboxylic acids is 1. The van der Waals surface area contributed by atoms with E-state index in [-0.39, 0.29) is 30.5 Å². The van der Waals surface area contributed by atoms with Crippen LogP contribution in [0.5, 0.6) is 0 Å². The van der Waals surface area contributed by atoms with Crippen molar-refractivity contribution in [3.63, 3.8) is 0 Å².